The van der Waals surface area contributed by atoms with Crippen molar-refractivity contribution < 1.29 is 9.53 Å². The van der Waals surface area contributed by atoms with E-state index in [4.69, 9.17) is 4.74 Å². The van der Waals surface area contributed by atoms with Crippen molar-refractivity contribution in [1.29, 1.82) is 0 Å². The van der Waals surface area contributed by atoms with Crippen LogP contribution in [0.3, 0.4) is 0 Å². The second-order valence-corrected chi connectivity index (χ2v) is 7.69. The minimum absolute atomic E-state index is 0.294. The van der Waals surface area contributed by atoms with Crippen LogP contribution in [0.25, 0.3) is 10.9 Å². The number of ether oxygens (including phenoxy) is 1. The van der Waals surface area contributed by atoms with Crippen LogP contribution in [-0.2, 0) is 17.7 Å². The van der Waals surface area contributed by atoms with Crippen molar-refractivity contribution in [3.05, 3.63) is 70.9 Å². The molecule has 0 aliphatic carbocycles. The zero-order valence-electron chi connectivity index (χ0n) is 17.3. The first-order chi connectivity index (χ1) is 14.2. The average molecular weight is 392 g/mol. The van der Waals surface area contributed by atoms with Crippen molar-refractivity contribution in [3.8, 4) is 0 Å². The Morgan fingerprint density at radius 3 is 2.48 bits per heavy atom. The smallest absolute Gasteiger partial charge is 0.337 e. The first-order valence-corrected chi connectivity index (χ1v) is 10.3. The number of methoxy groups -OCH3 is 1. The molecule has 5 nitrogen and oxygen atoms in total. The summed E-state index contributed by atoms with van der Waals surface area (Å²) in [6.45, 7) is 8.73. The molecule has 2 heterocycles. The fourth-order valence-electron chi connectivity index (χ4n) is 4.27. The van der Waals surface area contributed by atoms with Gasteiger partial charge in [0.1, 0.15) is 0 Å². The second-order valence-electron chi connectivity index (χ2n) is 7.69. The number of fused-ring (bicyclic) bond motifs is 1. The van der Waals surface area contributed by atoms with Gasteiger partial charge >= 0.3 is 5.97 Å². The Morgan fingerprint density at radius 1 is 1.03 bits per heavy atom. The number of hydrogen-bond donors (Lipinski definition) is 1. The lowest BCUT2D eigenvalue weighted by Gasteiger charge is -2.27. The van der Waals surface area contributed by atoms with Gasteiger partial charge < -0.3 is 14.6 Å². The van der Waals surface area contributed by atoms with Crippen molar-refractivity contribution in [1.82, 2.24) is 14.8 Å². The van der Waals surface area contributed by atoms with Crippen LogP contribution in [-0.4, -0.2) is 55.3 Å². The molecule has 0 saturated carbocycles. The largest absolute Gasteiger partial charge is 0.465 e. The SMILES string of the molecule is COC(=O)c1ccc(Cc2c(C)n(CCN3CCNCC3)c3ccccc23)cc1. The van der Waals surface area contributed by atoms with Gasteiger partial charge in [-0.2, -0.15) is 0 Å². The van der Waals surface area contributed by atoms with Gasteiger partial charge in [-0.15, -0.1) is 0 Å². The van der Waals surface area contributed by atoms with Crippen LogP contribution in [0.1, 0.15) is 27.2 Å². The first kappa shape index (κ1) is 19.7. The van der Waals surface area contributed by atoms with E-state index in [0.29, 0.717) is 5.56 Å². The zero-order valence-corrected chi connectivity index (χ0v) is 17.3. The maximum Gasteiger partial charge on any atom is 0.337 e. The predicted molar refractivity (Wildman–Crippen MR) is 117 cm³/mol. The van der Waals surface area contributed by atoms with E-state index in [0.717, 1.165) is 45.7 Å². The van der Waals surface area contributed by atoms with E-state index in [1.165, 1.54) is 34.8 Å². The van der Waals surface area contributed by atoms with E-state index in [9.17, 15) is 4.79 Å². The number of nitrogens with one attached hydrogen (secondary N) is 1. The molecule has 0 amide bonds. The summed E-state index contributed by atoms with van der Waals surface area (Å²) in [6.07, 6.45) is 0.856. The molecule has 1 aliphatic heterocycles. The highest BCUT2D eigenvalue weighted by atomic mass is 16.5. The molecule has 5 heteroatoms. The van der Waals surface area contributed by atoms with E-state index < -0.39 is 0 Å². The summed E-state index contributed by atoms with van der Waals surface area (Å²) in [6, 6.07) is 16.4. The number of para-hydroxylation sites is 1. The summed E-state index contributed by atoms with van der Waals surface area (Å²) >= 11 is 0. The highest BCUT2D eigenvalue weighted by molar-refractivity contribution is 5.89. The van der Waals surface area contributed by atoms with Gasteiger partial charge in [-0.1, -0.05) is 30.3 Å². The molecule has 152 valence electrons. The summed E-state index contributed by atoms with van der Waals surface area (Å²) in [5.41, 5.74) is 5.80. The lowest BCUT2D eigenvalue weighted by atomic mass is 10.0. The maximum absolute atomic E-state index is 11.7. The third-order valence-corrected chi connectivity index (χ3v) is 5.97. The van der Waals surface area contributed by atoms with Gasteiger partial charge in [-0.3, -0.25) is 4.90 Å². The molecule has 1 fully saturated rings. The Labute approximate surface area is 172 Å². The van der Waals surface area contributed by atoms with E-state index in [1.54, 1.807) is 0 Å². The number of esters is 1. The molecule has 0 atom stereocenters. The number of piperazine rings is 1. The molecule has 0 radical (unpaired) electrons. The number of benzene rings is 2. The van der Waals surface area contributed by atoms with Crippen LogP contribution in [0.2, 0.25) is 0 Å². The van der Waals surface area contributed by atoms with Crippen LogP contribution in [0.5, 0.6) is 0 Å². The van der Waals surface area contributed by atoms with E-state index in [2.05, 4.69) is 46.0 Å². The zero-order chi connectivity index (χ0) is 20.2. The summed E-state index contributed by atoms with van der Waals surface area (Å²) < 4.78 is 7.27. The highest BCUT2D eigenvalue weighted by Crippen LogP contribution is 2.28. The number of nitrogens with zero attached hydrogens (tertiary/aromatic N) is 2. The topological polar surface area (TPSA) is 46.5 Å². The van der Waals surface area contributed by atoms with Crippen LogP contribution < -0.4 is 5.32 Å². The van der Waals surface area contributed by atoms with Crippen LogP contribution in [0.4, 0.5) is 0 Å². The summed E-state index contributed by atoms with van der Waals surface area (Å²) in [5.74, 6) is -0.294. The summed E-state index contributed by atoms with van der Waals surface area (Å²) in [7, 11) is 1.41. The van der Waals surface area contributed by atoms with E-state index in [-0.39, 0.29) is 5.97 Å². The number of rotatable bonds is 6. The van der Waals surface area contributed by atoms with Crippen molar-refractivity contribution >= 4 is 16.9 Å². The van der Waals surface area contributed by atoms with Crippen molar-refractivity contribution in [3.63, 3.8) is 0 Å². The number of carbonyl (C=O) groups excluding carboxylic acids is 1. The number of hydrogen-bond acceptors (Lipinski definition) is 4. The highest BCUT2D eigenvalue weighted by Gasteiger charge is 2.16. The van der Waals surface area contributed by atoms with Crippen molar-refractivity contribution in [2.45, 2.75) is 19.9 Å². The Kier molecular flexibility index (Phi) is 5.97. The summed E-state index contributed by atoms with van der Waals surface area (Å²) in [5, 5.41) is 4.74. The van der Waals surface area contributed by atoms with Gasteiger partial charge in [-0.05, 0) is 42.7 Å². The normalized spacial score (nSPS) is 15.0. The van der Waals surface area contributed by atoms with E-state index >= 15 is 0 Å². The fourth-order valence-corrected chi connectivity index (χ4v) is 4.27. The standard InChI is InChI=1S/C24H29N3O2/c1-18-22(17-19-7-9-20(10-8-19)24(28)29-2)21-5-3-4-6-23(21)27(18)16-15-26-13-11-25-12-14-26/h3-10,25H,11-17H2,1-2H3. The predicted octanol–water partition coefficient (Wildman–Crippen LogP) is 3.23. The minimum Gasteiger partial charge on any atom is -0.465 e. The quantitative estimate of drug-likeness (QED) is 0.656. The molecule has 4 rings (SSSR count). The van der Waals surface area contributed by atoms with Crippen molar-refractivity contribution in [2.24, 2.45) is 0 Å². The van der Waals surface area contributed by atoms with Gasteiger partial charge in [0.25, 0.3) is 0 Å². The third-order valence-electron chi connectivity index (χ3n) is 5.97. The van der Waals surface area contributed by atoms with E-state index in [1.807, 2.05) is 24.3 Å². The molecular weight excluding hydrogens is 362 g/mol. The number of carbonyl (C=O) groups is 1. The second kappa shape index (κ2) is 8.80. The molecule has 1 aliphatic rings. The average Bonchev–Trinajstić information content (AvgIpc) is 3.04. The van der Waals surface area contributed by atoms with Crippen LogP contribution >= 0.6 is 0 Å². The molecule has 1 N–H and O–H groups in total. The van der Waals surface area contributed by atoms with Gasteiger partial charge in [-0.25, -0.2) is 4.79 Å². The molecule has 2 aromatic carbocycles. The first-order valence-electron chi connectivity index (χ1n) is 10.3. The van der Waals surface area contributed by atoms with Gasteiger partial charge in [0, 0.05) is 55.9 Å². The van der Waals surface area contributed by atoms with Gasteiger partial charge in [0.2, 0.25) is 0 Å². The Balaban J connectivity index is 1.59. The molecule has 1 saturated heterocycles. The summed E-state index contributed by atoms with van der Waals surface area (Å²) in [4.78, 5) is 14.2. The minimum atomic E-state index is -0.294. The monoisotopic (exact) mass is 391 g/mol. The molecule has 29 heavy (non-hydrogen) atoms. The molecule has 1 aromatic heterocycles. The molecule has 0 spiro atoms. The van der Waals surface area contributed by atoms with Gasteiger partial charge in [0.05, 0.1) is 12.7 Å². The Morgan fingerprint density at radius 2 is 1.76 bits per heavy atom. The van der Waals surface area contributed by atoms with Crippen LogP contribution in [0, 0.1) is 6.92 Å². The fraction of sp³-hybridized carbons (Fsp3) is 0.375. The molecule has 0 bridgehead atoms. The molecular formula is C24H29N3O2. The lowest BCUT2D eigenvalue weighted by molar-refractivity contribution is 0.0600. The lowest BCUT2D eigenvalue weighted by Crippen LogP contribution is -2.44. The molecule has 3 aromatic rings. The number of aromatic nitrogens is 1. The third kappa shape index (κ3) is 4.21. The van der Waals surface area contributed by atoms with Crippen molar-refractivity contribution in [2.75, 3.05) is 39.8 Å². The van der Waals surface area contributed by atoms with Gasteiger partial charge in [0.15, 0.2) is 0 Å². The Bertz CT molecular complexity index is 985. The maximum atomic E-state index is 11.7. The molecule has 0 unspecified atom stereocenters. The Hall–Kier alpha value is -2.63. The van der Waals surface area contributed by atoms with Crippen LogP contribution in [0.15, 0.2) is 48.5 Å².